The molecule has 108 valence electrons. The Bertz CT molecular complexity index is 473. The molecule has 1 aromatic rings. The minimum atomic E-state index is 0.559. The van der Waals surface area contributed by atoms with Gasteiger partial charge in [0.2, 0.25) is 0 Å². The van der Waals surface area contributed by atoms with E-state index in [9.17, 15) is 0 Å². The van der Waals surface area contributed by atoms with Crippen LogP contribution in [-0.4, -0.2) is 22.5 Å². The van der Waals surface area contributed by atoms with E-state index in [0.29, 0.717) is 12.0 Å². The van der Waals surface area contributed by atoms with Gasteiger partial charge in [-0.25, -0.2) is 0 Å². The molecule has 0 aromatic carbocycles. The van der Waals surface area contributed by atoms with E-state index in [1.54, 1.807) is 5.57 Å². The summed E-state index contributed by atoms with van der Waals surface area (Å²) >= 11 is 0. The standard InChI is InChI=1S/C18H26N2/c1-5-18-17(11-13-20(18)14(2)3)15(4)9-10-16-8-6-7-12-19-16/h5-8,12,14-15H,1,9-11,13H2,2-4H3. The lowest BCUT2D eigenvalue weighted by atomic mass is 9.92. The van der Waals surface area contributed by atoms with Crippen LogP contribution >= 0.6 is 0 Å². The second kappa shape index (κ2) is 6.74. The first-order chi connectivity index (χ1) is 9.63. The first kappa shape index (κ1) is 14.8. The first-order valence-electron chi connectivity index (χ1n) is 7.65. The molecule has 0 aliphatic carbocycles. The number of aryl methyl sites for hydroxylation is 1. The number of nitrogens with zero attached hydrogens (tertiary/aromatic N) is 2. The quantitative estimate of drug-likeness (QED) is 0.770. The van der Waals surface area contributed by atoms with Crippen LogP contribution < -0.4 is 0 Å². The van der Waals surface area contributed by atoms with Crippen LogP contribution in [-0.2, 0) is 6.42 Å². The molecule has 1 unspecified atom stereocenters. The summed E-state index contributed by atoms with van der Waals surface area (Å²) in [6.45, 7) is 12.0. The number of pyridine rings is 1. The normalized spacial score (nSPS) is 16.9. The molecule has 2 nitrogen and oxygen atoms in total. The van der Waals surface area contributed by atoms with Gasteiger partial charge >= 0.3 is 0 Å². The molecule has 0 saturated heterocycles. The van der Waals surface area contributed by atoms with E-state index in [1.165, 1.54) is 17.8 Å². The molecule has 1 aliphatic rings. The van der Waals surface area contributed by atoms with Gasteiger partial charge in [-0.1, -0.05) is 19.6 Å². The van der Waals surface area contributed by atoms with Crippen molar-refractivity contribution in [3.63, 3.8) is 0 Å². The monoisotopic (exact) mass is 270 g/mol. The van der Waals surface area contributed by atoms with E-state index in [2.05, 4.69) is 49.4 Å². The predicted octanol–water partition coefficient (Wildman–Crippen LogP) is 4.20. The van der Waals surface area contributed by atoms with Crippen molar-refractivity contribution >= 4 is 0 Å². The van der Waals surface area contributed by atoms with Crippen molar-refractivity contribution in [2.75, 3.05) is 6.54 Å². The van der Waals surface area contributed by atoms with Crippen molar-refractivity contribution in [3.05, 3.63) is 54.0 Å². The van der Waals surface area contributed by atoms with Crippen LogP contribution in [0.5, 0.6) is 0 Å². The van der Waals surface area contributed by atoms with E-state index < -0.39 is 0 Å². The molecule has 0 fully saturated rings. The SMILES string of the molecule is C=CC1=C(C(C)CCc2ccccn2)CCN1C(C)C. The van der Waals surface area contributed by atoms with Gasteiger partial charge in [-0.15, -0.1) is 0 Å². The molecule has 0 bridgehead atoms. The maximum Gasteiger partial charge on any atom is 0.0403 e. The van der Waals surface area contributed by atoms with Crippen LogP contribution in [0.25, 0.3) is 0 Å². The lowest BCUT2D eigenvalue weighted by Crippen LogP contribution is -2.26. The minimum absolute atomic E-state index is 0.559. The van der Waals surface area contributed by atoms with Gasteiger partial charge in [-0.2, -0.15) is 0 Å². The molecule has 0 radical (unpaired) electrons. The molecule has 0 N–H and O–H groups in total. The van der Waals surface area contributed by atoms with E-state index >= 15 is 0 Å². The zero-order chi connectivity index (χ0) is 14.5. The number of hydrogen-bond donors (Lipinski definition) is 0. The molecule has 0 amide bonds. The maximum atomic E-state index is 4.41. The van der Waals surface area contributed by atoms with Crippen LogP contribution in [0.15, 0.2) is 48.3 Å². The van der Waals surface area contributed by atoms with Gasteiger partial charge in [0.05, 0.1) is 0 Å². The third-order valence-corrected chi connectivity index (χ3v) is 4.23. The molecule has 1 atom stereocenters. The second-order valence-electron chi connectivity index (χ2n) is 5.91. The lowest BCUT2D eigenvalue weighted by Gasteiger charge is -2.25. The fourth-order valence-electron chi connectivity index (χ4n) is 3.04. The number of allylic oxidation sites excluding steroid dienone is 1. The maximum absolute atomic E-state index is 4.41. The highest BCUT2D eigenvalue weighted by Crippen LogP contribution is 2.32. The second-order valence-corrected chi connectivity index (χ2v) is 5.91. The van der Waals surface area contributed by atoms with Crippen molar-refractivity contribution in [3.8, 4) is 0 Å². The predicted molar refractivity (Wildman–Crippen MR) is 85.4 cm³/mol. The van der Waals surface area contributed by atoms with Crippen molar-refractivity contribution in [2.24, 2.45) is 5.92 Å². The smallest absolute Gasteiger partial charge is 0.0403 e. The Morgan fingerprint density at radius 1 is 1.35 bits per heavy atom. The average Bonchev–Trinajstić information content (AvgIpc) is 2.90. The Kier molecular flexibility index (Phi) is 4.99. The molecule has 2 heterocycles. The molecular weight excluding hydrogens is 244 g/mol. The summed E-state index contributed by atoms with van der Waals surface area (Å²) in [4.78, 5) is 6.88. The summed E-state index contributed by atoms with van der Waals surface area (Å²) in [7, 11) is 0. The topological polar surface area (TPSA) is 16.1 Å². The first-order valence-corrected chi connectivity index (χ1v) is 7.65. The minimum Gasteiger partial charge on any atom is -0.369 e. The highest BCUT2D eigenvalue weighted by Gasteiger charge is 2.25. The molecule has 2 rings (SSSR count). The molecular formula is C18H26N2. The van der Waals surface area contributed by atoms with Crippen molar-refractivity contribution in [2.45, 2.75) is 46.1 Å². The third-order valence-electron chi connectivity index (χ3n) is 4.23. The molecule has 1 aromatic heterocycles. The van der Waals surface area contributed by atoms with E-state index in [0.717, 1.165) is 19.4 Å². The number of aromatic nitrogens is 1. The zero-order valence-electron chi connectivity index (χ0n) is 13.0. The van der Waals surface area contributed by atoms with Crippen LogP contribution in [0.4, 0.5) is 0 Å². The molecule has 0 spiro atoms. The van der Waals surface area contributed by atoms with Gasteiger partial charge in [0.25, 0.3) is 0 Å². The van der Waals surface area contributed by atoms with Gasteiger partial charge in [-0.05, 0) is 62.8 Å². The Morgan fingerprint density at radius 2 is 2.15 bits per heavy atom. The fraction of sp³-hybridized carbons (Fsp3) is 0.500. The molecule has 2 heteroatoms. The Hall–Kier alpha value is -1.57. The largest absolute Gasteiger partial charge is 0.369 e. The highest BCUT2D eigenvalue weighted by molar-refractivity contribution is 5.30. The fourth-order valence-corrected chi connectivity index (χ4v) is 3.04. The summed E-state index contributed by atoms with van der Waals surface area (Å²) in [6, 6.07) is 6.72. The third kappa shape index (κ3) is 3.30. The Balaban J connectivity index is 2.03. The van der Waals surface area contributed by atoms with Crippen LogP contribution in [0.2, 0.25) is 0 Å². The summed E-state index contributed by atoms with van der Waals surface area (Å²) in [5, 5.41) is 0. The van der Waals surface area contributed by atoms with Gasteiger partial charge in [0.1, 0.15) is 0 Å². The average molecular weight is 270 g/mol. The summed E-state index contributed by atoms with van der Waals surface area (Å²) in [6.07, 6.45) is 7.32. The molecule has 20 heavy (non-hydrogen) atoms. The van der Waals surface area contributed by atoms with Gasteiger partial charge in [0.15, 0.2) is 0 Å². The molecule has 1 aliphatic heterocycles. The van der Waals surface area contributed by atoms with Crippen molar-refractivity contribution in [1.82, 2.24) is 9.88 Å². The Morgan fingerprint density at radius 3 is 2.75 bits per heavy atom. The lowest BCUT2D eigenvalue weighted by molar-refractivity contribution is 0.318. The van der Waals surface area contributed by atoms with Crippen LogP contribution in [0.3, 0.4) is 0 Å². The Labute approximate surface area is 123 Å². The van der Waals surface area contributed by atoms with Crippen LogP contribution in [0.1, 0.15) is 39.3 Å². The van der Waals surface area contributed by atoms with Gasteiger partial charge in [-0.3, -0.25) is 4.98 Å². The van der Waals surface area contributed by atoms with E-state index in [4.69, 9.17) is 0 Å². The molecule has 0 saturated carbocycles. The summed E-state index contributed by atoms with van der Waals surface area (Å²) in [5.41, 5.74) is 4.14. The number of rotatable bonds is 6. The van der Waals surface area contributed by atoms with Gasteiger partial charge in [0, 0.05) is 30.2 Å². The van der Waals surface area contributed by atoms with E-state index in [1.807, 2.05) is 18.3 Å². The zero-order valence-corrected chi connectivity index (χ0v) is 13.0. The summed E-state index contributed by atoms with van der Waals surface area (Å²) < 4.78 is 0. The van der Waals surface area contributed by atoms with Crippen molar-refractivity contribution in [1.29, 1.82) is 0 Å². The van der Waals surface area contributed by atoms with Crippen LogP contribution in [0, 0.1) is 5.92 Å². The summed E-state index contributed by atoms with van der Waals surface area (Å²) in [5.74, 6) is 0.605. The van der Waals surface area contributed by atoms with Gasteiger partial charge < -0.3 is 4.90 Å². The van der Waals surface area contributed by atoms with Crippen molar-refractivity contribution < 1.29 is 0 Å². The van der Waals surface area contributed by atoms with E-state index in [-0.39, 0.29) is 0 Å². The highest BCUT2D eigenvalue weighted by atomic mass is 15.2. The number of hydrogen-bond acceptors (Lipinski definition) is 2.